The molecule has 1 aliphatic carbocycles. The number of carbonyl (C=O) groups excluding carboxylic acids is 1. The van der Waals surface area contributed by atoms with E-state index in [0.29, 0.717) is 18.6 Å². The minimum absolute atomic E-state index is 0.00231. The predicted octanol–water partition coefficient (Wildman–Crippen LogP) is 6.25. The van der Waals surface area contributed by atoms with E-state index in [1.165, 1.54) is 5.56 Å². The van der Waals surface area contributed by atoms with Crippen LogP contribution in [0.5, 0.6) is 5.75 Å². The Morgan fingerprint density at radius 1 is 0.968 bits per heavy atom. The zero-order chi connectivity index (χ0) is 22.3. The van der Waals surface area contributed by atoms with E-state index in [0.717, 1.165) is 27.1 Å². The van der Waals surface area contributed by atoms with Gasteiger partial charge in [0.1, 0.15) is 5.75 Å². The fourth-order valence-electron chi connectivity index (χ4n) is 4.37. The van der Waals surface area contributed by atoms with Crippen molar-refractivity contribution in [1.29, 1.82) is 0 Å². The monoisotopic (exact) mass is 416 g/mol. The van der Waals surface area contributed by atoms with Crippen LogP contribution in [0.3, 0.4) is 0 Å². The molecule has 0 aliphatic heterocycles. The number of hydrogen-bond acceptors (Lipinski definition) is 3. The average molecular weight is 417 g/mol. The minimum atomic E-state index is -0.952. The van der Waals surface area contributed by atoms with E-state index < -0.39 is 23.8 Å². The summed E-state index contributed by atoms with van der Waals surface area (Å²) in [6.45, 7) is 8.41. The standard InChI is InChI=1S/C27H28O4/c1-16-9-11-22(23(13-16)25(28)29)26(30)31-24-20-8-6-5-7-17(20)14-18-15-19(27(2,3)4)10-12-21(18)24/h5-10,12,14-15,22-23H,11,13H2,1-4H3,(H,28,29). The first-order valence-electron chi connectivity index (χ1n) is 10.7. The van der Waals surface area contributed by atoms with Crippen LogP contribution in [0.25, 0.3) is 21.5 Å². The molecule has 0 heterocycles. The molecule has 2 atom stereocenters. The molecule has 3 aromatic carbocycles. The molecule has 4 nitrogen and oxygen atoms in total. The van der Waals surface area contributed by atoms with Gasteiger partial charge in [-0.1, -0.05) is 74.9 Å². The summed E-state index contributed by atoms with van der Waals surface area (Å²) in [5, 5.41) is 13.3. The Morgan fingerprint density at radius 2 is 1.68 bits per heavy atom. The van der Waals surface area contributed by atoms with Gasteiger partial charge in [-0.2, -0.15) is 0 Å². The lowest BCUT2D eigenvalue weighted by atomic mass is 9.80. The zero-order valence-corrected chi connectivity index (χ0v) is 18.4. The first-order chi connectivity index (χ1) is 14.6. The van der Waals surface area contributed by atoms with E-state index in [1.807, 2.05) is 43.3 Å². The number of ether oxygens (including phenoxy) is 1. The Bertz CT molecular complexity index is 1210. The van der Waals surface area contributed by atoms with Crippen molar-refractivity contribution in [2.45, 2.75) is 46.0 Å². The number of fused-ring (bicyclic) bond motifs is 2. The zero-order valence-electron chi connectivity index (χ0n) is 18.4. The van der Waals surface area contributed by atoms with Gasteiger partial charge in [0.25, 0.3) is 0 Å². The van der Waals surface area contributed by atoms with Crippen LogP contribution in [-0.4, -0.2) is 17.0 Å². The van der Waals surface area contributed by atoms with Crippen LogP contribution < -0.4 is 4.74 Å². The number of benzene rings is 3. The topological polar surface area (TPSA) is 63.6 Å². The van der Waals surface area contributed by atoms with Gasteiger partial charge in [-0.3, -0.25) is 9.59 Å². The summed E-state index contributed by atoms with van der Waals surface area (Å²) >= 11 is 0. The van der Waals surface area contributed by atoms with Crippen LogP contribution in [-0.2, 0) is 15.0 Å². The van der Waals surface area contributed by atoms with Gasteiger partial charge < -0.3 is 9.84 Å². The van der Waals surface area contributed by atoms with Gasteiger partial charge >= 0.3 is 11.9 Å². The Kier molecular flexibility index (Phi) is 5.34. The van der Waals surface area contributed by atoms with Gasteiger partial charge in [0.05, 0.1) is 11.8 Å². The lowest BCUT2D eigenvalue weighted by Gasteiger charge is -2.26. The van der Waals surface area contributed by atoms with Gasteiger partial charge in [0.15, 0.2) is 0 Å². The maximum atomic E-state index is 13.2. The molecule has 0 saturated heterocycles. The highest BCUT2D eigenvalue weighted by Crippen LogP contribution is 2.39. The van der Waals surface area contributed by atoms with Crippen molar-refractivity contribution < 1.29 is 19.4 Å². The van der Waals surface area contributed by atoms with Crippen molar-refractivity contribution in [2.75, 3.05) is 0 Å². The van der Waals surface area contributed by atoms with Crippen LogP contribution in [0.4, 0.5) is 0 Å². The van der Waals surface area contributed by atoms with Crippen molar-refractivity contribution in [3.63, 3.8) is 0 Å². The average Bonchev–Trinajstić information content (AvgIpc) is 2.72. The fraction of sp³-hybridized carbons (Fsp3) is 0.333. The van der Waals surface area contributed by atoms with E-state index in [2.05, 4.69) is 39.0 Å². The molecule has 0 spiro atoms. The summed E-state index contributed by atoms with van der Waals surface area (Å²) in [6.07, 6.45) is 2.71. The van der Waals surface area contributed by atoms with E-state index in [4.69, 9.17) is 4.74 Å². The highest BCUT2D eigenvalue weighted by atomic mass is 16.5. The third-order valence-electron chi connectivity index (χ3n) is 6.25. The Hall–Kier alpha value is -3.14. The third-order valence-corrected chi connectivity index (χ3v) is 6.25. The Balaban J connectivity index is 1.81. The number of aliphatic carboxylic acids is 1. The van der Waals surface area contributed by atoms with Gasteiger partial charge in [-0.05, 0) is 47.6 Å². The van der Waals surface area contributed by atoms with Crippen molar-refractivity contribution in [1.82, 2.24) is 0 Å². The maximum Gasteiger partial charge on any atom is 0.315 e. The molecule has 0 amide bonds. The highest BCUT2D eigenvalue weighted by Gasteiger charge is 2.37. The second-order valence-electron chi connectivity index (χ2n) is 9.58. The summed E-state index contributed by atoms with van der Waals surface area (Å²) in [6, 6.07) is 16.2. The fourth-order valence-corrected chi connectivity index (χ4v) is 4.37. The van der Waals surface area contributed by atoms with Crippen molar-refractivity contribution in [2.24, 2.45) is 11.8 Å². The minimum Gasteiger partial charge on any atom is -0.481 e. The quantitative estimate of drug-likeness (QED) is 0.237. The van der Waals surface area contributed by atoms with Crippen molar-refractivity contribution >= 4 is 33.5 Å². The van der Waals surface area contributed by atoms with Gasteiger partial charge in [-0.25, -0.2) is 0 Å². The van der Waals surface area contributed by atoms with E-state index in [9.17, 15) is 14.7 Å². The normalized spacial score (nSPS) is 19.3. The first kappa shape index (κ1) is 21.1. The molecule has 0 saturated carbocycles. The highest BCUT2D eigenvalue weighted by molar-refractivity contribution is 6.07. The number of carboxylic acid groups (broad SMARTS) is 1. The number of carboxylic acids is 1. The van der Waals surface area contributed by atoms with E-state index >= 15 is 0 Å². The van der Waals surface area contributed by atoms with Crippen LogP contribution >= 0.6 is 0 Å². The molecule has 0 fully saturated rings. The molecular formula is C27H28O4. The molecule has 31 heavy (non-hydrogen) atoms. The second kappa shape index (κ2) is 7.84. The van der Waals surface area contributed by atoms with Crippen LogP contribution in [0.2, 0.25) is 0 Å². The molecule has 0 bridgehead atoms. The third kappa shape index (κ3) is 4.07. The Labute approximate surface area is 182 Å². The molecule has 2 unspecified atom stereocenters. The lowest BCUT2D eigenvalue weighted by molar-refractivity contribution is -0.152. The lowest BCUT2D eigenvalue weighted by Crippen LogP contribution is -2.34. The number of allylic oxidation sites excluding steroid dienone is 2. The summed E-state index contributed by atoms with van der Waals surface area (Å²) < 4.78 is 5.99. The summed E-state index contributed by atoms with van der Waals surface area (Å²) in [7, 11) is 0. The maximum absolute atomic E-state index is 13.2. The van der Waals surface area contributed by atoms with Crippen LogP contribution in [0.15, 0.2) is 60.2 Å². The predicted molar refractivity (Wildman–Crippen MR) is 123 cm³/mol. The number of hydrogen-bond donors (Lipinski definition) is 1. The number of rotatable bonds is 3. The van der Waals surface area contributed by atoms with Crippen LogP contribution in [0.1, 0.15) is 46.1 Å². The number of carbonyl (C=O) groups is 2. The summed E-state index contributed by atoms with van der Waals surface area (Å²) in [5.41, 5.74) is 2.20. The van der Waals surface area contributed by atoms with Gasteiger partial charge in [-0.15, -0.1) is 0 Å². The SMILES string of the molecule is CC1=CCC(C(=O)Oc2c3ccccc3cc3cc(C(C)(C)C)ccc23)C(C(=O)O)C1. The van der Waals surface area contributed by atoms with Crippen molar-refractivity contribution in [3.8, 4) is 5.75 Å². The van der Waals surface area contributed by atoms with E-state index in [-0.39, 0.29) is 5.41 Å². The molecule has 0 radical (unpaired) electrons. The molecule has 1 aliphatic rings. The summed E-state index contributed by atoms with van der Waals surface area (Å²) in [4.78, 5) is 25.0. The van der Waals surface area contributed by atoms with Gasteiger partial charge in [0, 0.05) is 10.8 Å². The second-order valence-corrected chi connectivity index (χ2v) is 9.58. The molecule has 0 aromatic heterocycles. The van der Waals surface area contributed by atoms with Crippen molar-refractivity contribution in [3.05, 3.63) is 65.7 Å². The molecule has 160 valence electrons. The molecule has 4 heteroatoms. The molecular weight excluding hydrogens is 388 g/mol. The smallest absolute Gasteiger partial charge is 0.315 e. The summed E-state index contributed by atoms with van der Waals surface area (Å²) in [5.74, 6) is -2.37. The first-order valence-corrected chi connectivity index (χ1v) is 10.7. The van der Waals surface area contributed by atoms with Crippen LogP contribution in [0, 0.1) is 11.8 Å². The largest absolute Gasteiger partial charge is 0.481 e. The molecule has 1 N–H and O–H groups in total. The van der Waals surface area contributed by atoms with E-state index in [1.54, 1.807) is 0 Å². The molecule has 3 aromatic rings. The van der Waals surface area contributed by atoms with Gasteiger partial charge in [0.2, 0.25) is 0 Å². The number of esters is 1. The Morgan fingerprint density at radius 3 is 2.39 bits per heavy atom. The molecule has 4 rings (SSSR count).